The molecule has 0 saturated heterocycles. The van der Waals surface area contributed by atoms with Gasteiger partial charge in [0.1, 0.15) is 5.75 Å². The molecule has 0 bridgehead atoms. The zero-order valence-electron chi connectivity index (χ0n) is 24.7. The maximum Gasteiger partial charge on any atom is 0.311 e. The topological polar surface area (TPSA) is 98.5 Å². The van der Waals surface area contributed by atoms with Gasteiger partial charge in [0, 0.05) is 35.0 Å². The van der Waals surface area contributed by atoms with Gasteiger partial charge in [0.25, 0.3) is 11.6 Å². The first-order valence-electron chi connectivity index (χ1n) is 15.1. The minimum Gasteiger partial charge on any atom is -0.425 e. The molecule has 0 aromatic heterocycles. The van der Waals surface area contributed by atoms with Crippen LogP contribution in [-0.2, 0) is 11.2 Å². The minimum atomic E-state index is -0.561. The fraction of sp³-hybridized carbons (Fsp3) is 0.412. The Labute approximate surface area is 267 Å². The average Bonchev–Trinajstić information content (AvgIpc) is 2.98. The highest BCUT2D eigenvalue weighted by Gasteiger charge is 2.22. The van der Waals surface area contributed by atoms with Crippen LogP contribution in [0, 0.1) is 10.1 Å². The van der Waals surface area contributed by atoms with Gasteiger partial charge in [0.15, 0.2) is 0 Å². The number of esters is 1. The number of carbonyl (C=O) groups is 2. The number of nitrogens with zero attached hydrogens (tertiary/aromatic N) is 1. The maximum atomic E-state index is 13.5. The summed E-state index contributed by atoms with van der Waals surface area (Å²) in [4.78, 5) is 37.0. The normalized spacial score (nSPS) is 10.9. The van der Waals surface area contributed by atoms with E-state index in [0.717, 1.165) is 24.8 Å². The number of hydrogen-bond acceptors (Lipinski definition) is 5. The van der Waals surface area contributed by atoms with Gasteiger partial charge in [-0.05, 0) is 30.2 Å². The second kappa shape index (κ2) is 18.4. The molecule has 3 rings (SSSR count). The Morgan fingerprint density at radius 3 is 2.12 bits per heavy atom. The van der Waals surface area contributed by atoms with Crippen LogP contribution in [0.25, 0.3) is 0 Å². The molecule has 230 valence electrons. The average molecular weight is 672 g/mol. The first kappa shape index (κ1) is 34.3. The highest BCUT2D eigenvalue weighted by Crippen LogP contribution is 2.33. The van der Waals surface area contributed by atoms with Crippen LogP contribution in [0.1, 0.15) is 105 Å². The molecule has 7 nitrogen and oxygen atoms in total. The monoisotopic (exact) mass is 670 g/mol. The Hall–Kier alpha value is -3.23. The molecule has 1 amide bonds. The Kier molecular flexibility index (Phi) is 14.7. The summed E-state index contributed by atoms with van der Waals surface area (Å²) in [5.41, 5.74) is 1.84. The summed E-state index contributed by atoms with van der Waals surface area (Å²) in [5.74, 6) is -0.755. The van der Waals surface area contributed by atoms with Gasteiger partial charge < -0.3 is 10.1 Å². The summed E-state index contributed by atoms with van der Waals surface area (Å²) >= 11 is 9.71. The molecule has 0 spiro atoms. The van der Waals surface area contributed by atoms with Gasteiger partial charge in [0.05, 0.1) is 21.2 Å². The summed E-state index contributed by atoms with van der Waals surface area (Å²) in [7, 11) is 0. The number of anilines is 1. The number of carbonyl (C=O) groups excluding carboxylic acids is 2. The molecule has 0 heterocycles. The molecule has 9 heteroatoms. The molecular weight excluding hydrogens is 632 g/mol. The molecule has 0 unspecified atom stereocenters. The summed E-state index contributed by atoms with van der Waals surface area (Å²) in [6.45, 7) is 2.23. The summed E-state index contributed by atoms with van der Waals surface area (Å²) in [6, 6.07) is 16.9. The van der Waals surface area contributed by atoms with Gasteiger partial charge in [-0.15, -0.1) is 0 Å². The Balaban J connectivity index is 1.67. The van der Waals surface area contributed by atoms with Crippen LogP contribution in [-0.4, -0.2) is 16.8 Å². The van der Waals surface area contributed by atoms with Gasteiger partial charge in [-0.25, -0.2) is 0 Å². The molecule has 0 fully saturated rings. The van der Waals surface area contributed by atoms with E-state index in [1.54, 1.807) is 6.07 Å². The van der Waals surface area contributed by atoms with Gasteiger partial charge in [-0.3, -0.25) is 19.7 Å². The van der Waals surface area contributed by atoms with Gasteiger partial charge >= 0.3 is 5.97 Å². The number of rotatable bonds is 18. The van der Waals surface area contributed by atoms with E-state index in [4.69, 9.17) is 16.3 Å². The zero-order valence-corrected chi connectivity index (χ0v) is 27.1. The van der Waals surface area contributed by atoms with Crippen molar-refractivity contribution >= 4 is 50.8 Å². The van der Waals surface area contributed by atoms with E-state index in [0.29, 0.717) is 16.5 Å². The number of hydrogen-bond donors (Lipinski definition) is 1. The SMILES string of the molecule is CCCCCCCCCCCCCC(=O)Oc1c(Cc2ccccc2)cc(Br)cc1C(=O)Nc1ccc([N+](=O)[O-])cc1Cl. The van der Waals surface area contributed by atoms with Gasteiger partial charge in [-0.1, -0.05) is 129 Å². The summed E-state index contributed by atoms with van der Waals surface area (Å²) < 4.78 is 6.53. The van der Waals surface area contributed by atoms with Crippen LogP contribution in [0.3, 0.4) is 0 Å². The fourth-order valence-electron chi connectivity index (χ4n) is 4.89. The minimum absolute atomic E-state index is 0.0251. The van der Waals surface area contributed by atoms with E-state index in [1.165, 1.54) is 69.6 Å². The van der Waals surface area contributed by atoms with Crippen LogP contribution in [0.4, 0.5) is 11.4 Å². The van der Waals surface area contributed by atoms with E-state index in [9.17, 15) is 19.7 Å². The molecule has 0 aliphatic heterocycles. The lowest BCUT2D eigenvalue weighted by Crippen LogP contribution is -2.18. The van der Waals surface area contributed by atoms with Crippen molar-refractivity contribution in [2.24, 2.45) is 0 Å². The van der Waals surface area contributed by atoms with Gasteiger partial charge in [0.2, 0.25) is 0 Å². The molecule has 3 aromatic rings. The molecule has 0 aliphatic carbocycles. The van der Waals surface area contributed by atoms with Crippen LogP contribution in [0.15, 0.2) is 65.1 Å². The smallest absolute Gasteiger partial charge is 0.311 e. The van der Waals surface area contributed by atoms with E-state index in [-0.39, 0.29) is 34.1 Å². The summed E-state index contributed by atoms with van der Waals surface area (Å²) in [6.07, 6.45) is 13.7. The number of amides is 1. The second-order valence-corrected chi connectivity index (χ2v) is 12.1. The quantitative estimate of drug-likeness (QED) is 0.0477. The maximum absolute atomic E-state index is 13.5. The molecular formula is C34H40BrClN2O5. The number of ether oxygens (including phenoxy) is 1. The number of nitro benzene ring substituents is 1. The number of halogens is 2. The number of benzene rings is 3. The molecule has 0 radical (unpaired) electrons. The largest absolute Gasteiger partial charge is 0.425 e. The van der Waals surface area contributed by atoms with Crippen molar-refractivity contribution in [2.75, 3.05) is 5.32 Å². The second-order valence-electron chi connectivity index (χ2n) is 10.7. The number of nitrogens with one attached hydrogen (secondary N) is 1. The lowest BCUT2D eigenvalue weighted by molar-refractivity contribution is -0.384. The van der Waals surface area contributed by atoms with E-state index in [2.05, 4.69) is 28.2 Å². The molecule has 3 aromatic carbocycles. The lowest BCUT2D eigenvalue weighted by atomic mass is 10.0. The van der Waals surface area contributed by atoms with Crippen molar-refractivity contribution in [1.82, 2.24) is 0 Å². The van der Waals surface area contributed by atoms with Gasteiger partial charge in [-0.2, -0.15) is 0 Å². The lowest BCUT2D eigenvalue weighted by Gasteiger charge is -2.16. The molecule has 0 saturated carbocycles. The molecule has 0 aliphatic rings. The highest BCUT2D eigenvalue weighted by molar-refractivity contribution is 9.10. The molecule has 1 N–H and O–H groups in total. The number of nitro groups is 1. The van der Waals surface area contributed by atoms with Crippen LogP contribution >= 0.6 is 27.5 Å². The van der Waals surface area contributed by atoms with Crippen molar-refractivity contribution < 1.29 is 19.2 Å². The third-order valence-corrected chi connectivity index (χ3v) is 8.00. The third-order valence-electron chi connectivity index (χ3n) is 7.22. The standard InChI is InChI=1S/C34H40BrClN2O5/c1-2-3-4-5-6-7-8-9-10-11-15-18-32(39)43-33-26(21-25-16-13-12-14-17-25)22-27(35)23-29(33)34(40)37-31-20-19-28(38(41)42)24-30(31)36/h12-14,16-17,19-20,22-24H,2-11,15,18,21H2,1H3,(H,37,40). The fourth-order valence-corrected chi connectivity index (χ4v) is 5.62. The van der Waals surface area contributed by atoms with Crippen molar-refractivity contribution in [3.8, 4) is 5.75 Å². The number of non-ortho nitro benzene ring substituents is 1. The predicted molar refractivity (Wildman–Crippen MR) is 176 cm³/mol. The van der Waals surface area contributed by atoms with Crippen LogP contribution in [0.5, 0.6) is 5.75 Å². The Bertz CT molecular complexity index is 1370. The predicted octanol–water partition coefficient (Wildman–Crippen LogP) is 10.5. The zero-order chi connectivity index (χ0) is 31.0. The van der Waals surface area contributed by atoms with Crippen LogP contribution in [0.2, 0.25) is 5.02 Å². The van der Waals surface area contributed by atoms with Crippen molar-refractivity contribution in [3.63, 3.8) is 0 Å². The Morgan fingerprint density at radius 1 is 0.884 bits per heavy atom. The van der Waals surface area contributed by atoms with E-state index in [1.807, 2.05) is 36.4 Å². The molecule has 0 atom stereocenters. The van der Waals surface area contributed by atoms with Crippen molar-refractivity contribution in [2.45, 2.75) is 90.4 Å². The first-order chi connectivity index (χ1) is 20.8. The van der Waals surface area contributed by atoms with Crippen LogP contribution < -0.4 is 10.1 Å². The van der Waals surface area contributed by atoms with Crippen molar-refractivity contribution in [1.29, 1.82) is 0 Å². The molecule has 43 heavy (non-hydrogen) atoms. The van der Waals surface area contributed by atoms with E-state index < -0.39 is 16.8 Å². The van der Waals surface area contributed by atoms with E-state index >= 15 is 0 Å². The highest BCUT2D eigenvalue weighted by atomic mass is 79.9. The first-order valence-corrected chi connectivity index (χ1v) is 16.3. The Morgan fingerprint density at radius 2 is 1.51 bits per heavy atom. The van der Waals surface area contributed by atoms with Crippen molar-refractivity contribution in [3.05, 3.63) is 97.0 Å². The number of unbranched alkanes of at least 4 members (excludes halogenated alkanes) is 10. The third kappa shape index (κ3) is 11.8. The summed E-state index contributed by atoms with van der Waals surface area (Å²) in [5, 5.41) is 13.8.